The molecule has 71 heavy (non-hydrogen) atoms. The summed E-state index contributed by atoms with van der Waals surface area (Å²) in [6.07, 6.45) is 79.4. The molecule has 404 valence electrons. The first-order chi connectivity index (χ1) is 35.0. The summed E-state index contributed by atoms with van der Waals surface area (Å²) in [4.78, 5) is 38.2. The highest BCUT2D eigenvalue weighted by Gasteiger charge is 2.19. The molecule has 0 aromatic carbocycles. The Morgan fingerprint density at radius 1 is 0.282 bits per heavy atom. The van der Waals surface area contributed by atoms with E-state index in [4.69, 9.17) is 14.2 Å². The Balaban J connectivity index is 4.56. The molecule has 0 aliphatic heterocycles. The predicted octanol–water partition coefficient (Wildman–Crippen LogP) is 19.9. The van der Waals surface area contributed by atoms with Gasteiger partial charge in [0.05, 0.1) is 0 Å². The third-order valence-electron chi connectivity index (χ3n) is 12.2. The van der Waals surface area contributed by atoms with Crippen LogP contribution in [0.25, 0.3) is 0 Å². The van der Waals surface area contributed by atoms with E-state index in [1.165, 1.54) is 128 Å². The SMILES string of the molecule is CCCCC/C=C\C/C=C\C/C=C\C/C=C\C/C=C\CCC(=O)O[C@H](COC(=O)CCCCCC/C=C\C/C=C\C/C=C\CCCCC)COC(=O)CCCCCCCCC/C=C\CCCCCCCC. The zero-order valence-electron chi connectivity index (χ0n) is 46.2. The normalized spacial score (nSPS) is 12.9. The second-order valence-electron chi connectivity index (χ2n) is 19.2. The van der Waals surface area contributed by atoms with Crippen LogP contribution in [0.5, 0.6) is 0 Å². The van der Waals surface area contributed by atoms with Gasteiger partial charge < -0.3 is 14.2 Å². The molecule has 0 aromatic rings. The molecule has 0 rings (SSSR count). The van der Waals surface area contributed by atoms with Crippen molar-refractivity contribution in [2.75, 3.05) is 13.2 Å². The van der Waals surface area contributed by atoms with E-state index in [0.717, 1.165) is 89.9 Å². The van der Waals surface area contributed by atoms with Crippen molar-refractivity contribution in [3.05, 3.63) is 109 Å². The second-order valence-corrected chi connectivity index (χ2v) is 19.2. The van der Waals surface area contributed by atoms with Crippen LogP contribution in [0.2, 0.25) is 0 Å². The predicted molar refractivity (Wildman–Crippen MR) is 307 cm³/mol. The summed E-state index contributed by atoms with van der Waals surface area (Å²) < 4.78 is 16.8. The first-order valence-electron chi connectivity index (χ1n) is 29.4. The lowest BCUT2D eigenvalue weighted by molar-refractivity contribution is -0.166. The van der Waals surface area contributed by atoms with Crippen LogP contribution in [0.15, 0.2) is 109 Å². The first kappa shape index (κ1) is 67.1. The Morgan fingerprint density at radius 2 is 0.535 bits per heavy atom. The number of hydrogen-bond donors (Lipinski definition) is 0. The standard InChI is InChI=1S/C65H108O6/c1-4-7-10-13-16-19-22-25-28-31-32-35-38-41-44-47-50-53-56-59-65(68)71-62(60-69-63(66)57-54-51-48-45-42-39-36-33-29-26-23-20-17-14-11-8-5-2)61-70-64(67)58-55-52-49-46-43-40-37-34-30-27-24-21-18-15-12-9-6-3/h16-17,19-20,25-30,32,35-36,39,41,44,50,53,62H,4-15,18,21-24,31,33-34,37-38,40,42-43,45-49,51-52,54-61H2,1-3H3/b19-16-,20-17-,28-25-,29-26-,30-27-,35-32-,39-36-,44-41-,53-50-/t62-/m1/s1. The highest BCUT2D eigenvalue weighted by molar-refractivity contribution is 5.71. The largest absolute Gasteiger partial charge is 0.462 e. The molecular weight excluding hydrogens is 877 g/mol. The van der Waals surface area contributed by atoms with Gasteiger partial charge in [0.1, 0.15) is 13.2 Å². The van der Waals surface area contributed by atoms with Crippen LogP contribution in [0, 0.1) is 0 Å². The van der Waals surface area contributed by atoms with Gasteiger partial charge in [-0.3, -0.25) is 14.4 Å². The Bertz CT molecular complexity index is 1460. The molecular formula is C65H108O6. The van der Waals surface area contributed by atoms with E-state index in [1.807, 2.05) is 6.08 Å². The Hall–Kier alpha value is -3.93. The van der Waals surface area contributed by atoms with Crippen molar-refractivity contribution >= 4 is 17.9 Å². The lowest BCUT2D eigenvalue weighted by Crippen LogP contribution is -2.30. The van der Waals surface area contributed by atoms with Crippen molar-refractivity contribution in [3.8, 4) is 0 Å². The van der Waals surface area contributed by atoms with Crippen molar-refractivity contribution in [2.24, 2.45) is 0 Å². The molecule has 0 aliphatic carbocycles. The number of esters is 3. The summed E-state index contributed by atoms with van der Waals surface area (Å²) in [6, 6.07) is 0. The minimum absolute atomic E-state index is 0.118. The lowest BCUT2D eigenvalue weighted by atomic mass is 10.1. The van der Waals surface area contributed by atoms with E-state index < -0.39 is 12.1 Å². The van der Waals surface area contributed by atoms with E-state index >= 15 is 0 Å². The number of unbranched alkanes of at least 4 members (excludes halogenated alkanes) is 23. The number of carbonyl (C=O) groups excluding carboxylic acids is 3. The molecule has 6 nitrogen and oxygen atoms in total. The van der Waals surface area contributed by atoms with Gasteiger partial charge in [0, 0.05) is 19.3 Å². The highest BCUT2D eigenvalue weighted by Crippen LogP contribution is 2.13. The van der Waals surface area contributed by atoms with Gasteiger partial charge in [-0.2, -0.15) is 0 Å². The molecule has 0 bridgehead atoms. The molecule has 0 N–H and O–H groups in total. The van der Waals surface area contributed by atoms with Crippen molar-refractivity contribution in [2.45, 2.75) is 271 Å². The minimum atomic E-state index is -0.831. The van der Waals surface area contributed by atoms with Crippen molar-refractivity contribution in [1.82, 2.24) is 0 Å². The molecule has 0 spiro atoms. The Labute approximate surface area is 438 Å². The molecule has 0 heterocycles. The Kier molecular flexibility index (Phi) is 55.4. The van der Waals surface area contributed by atoms with Crippen molar-refractivity contribution in [1.29, 1.82) is 0 Å². The van der Waals surface area contributed by atoms with Gasteiger partial charge in [-0.25, -0.2) is 0 Å². The van der Waals surface area contributed by atoms with E-state index in [2.05, 4.69) is 124 Å². The van der Waals surface area contributed by atoms with Gasteiger partial charge in [0.25, 0.3) is 0 Å². The third kappa shape index (κ3) is 56.9. The van der Waals surface area contributed by atoms with Crippen LogP contribution in [0.1, 0.15) is 265 Å². The number of rotatable bonds is 52. The molecule has 0 amide bonds. The molecule has 0 radical (unpaired) electrons. The molecule has 0 saturated carbocycles. The number of allylic oxidation sites excluding steroid dienone is 18. The lowest BCUT2D eigenvalue weighted by Gasteiger charge is -2.18. The fourth-order valence-corrected chi connectivity index (χ4v) is 7.78. The van der Waals surface area contributed by atoms with Crippen LogP contribution in [0.4, 0.5) is 0 Å². The molecule has 0 fully saturated rings. The molecule has 0 unspecified atom stereocenters. The summed E-state index contributed by atoms with van der Waals surface area (Å²) in [7, 11) is 0. The zero-order valence-corrected chi connectivity index (χ0v) is 46.2. The van der Waals surface area contributed by atoms with Gasteiger partial charge in [-0.1, -0.05) is 233 Å². The molecule has 1 atom stereocenters. The van der Waals surface area contributed by atoms with Gasteiger partial charge in [-0.15, -0.1) is 0 Å². The van der Waals surface area contributed by atoms with Crippen molar-refractivity contribution in [3.63, 3.8) is 0 Å². The van der Waals surface area contributed by atoms with E-state index in [1.54, 1.807) is 0 Å². The maximum atomic E-state index is 12.8. The summed E-state index contributed by atoms with van der Waals surface area (Å²) >= 11 is 0. The fraction of sp³-hybridized carbons (Fsp3) is 0.677. The molecule has 0 aliphatic rings. The average Bonchev–Trinajstić information content (AvgIpc) is 3.37. The third-order valence-corrected chi connectivity index (χ3v) is 12.2. The van der Waals surface area contributed by atoms with Crippen LogP contribution < -0.4 is 0 Å². The monoisotopic (exact) mass is 985 g/mol. The molecule has 0 saturated heterocycles. The van der Waals surface area contributed by atoms with Crippen LogP contribution in [0.3, 0.4) is 0 Å². The summed E-state index contributed by atoms with van der Waals surface area (Å²) in [5.74, 6) is -1.03. The van der Waals surface area contributed by atoms with E-state index in [9.17, 15) is 14.4 Å². The maximum Gasteiger partial charge on any atom is 0.306 e. The number of ether oxygens (including phenoxy) is 3. The van der Waals surface area contributed by atoms with Crippen molar-refractivity contribution < 1.29 is 28.6 Å². The summed E-state index contributed by atoms with van der Waals surface area (Å²) in [5.41, 5.74) is 0. The van der Waals surface area contributed by atoms with E-state index in [-0.39, 0.29) is 31.6 Å². The summed E-state index contributed by atoms with van der Waals surface area (Å²) in [5, 5.41) is 0. The van der Waals surface area contributed by atoms with Crippen LogP contribution >= 0.6 is 0 Å². The van der Waals surface area contributed by atoms with Crippen LogP contribution in [-0.2, 0) is 28.6 Å². The van der Waals surface area contributed by atoms with E-state index in [0.29, 0.717) is 19.3 Å². The quantitative estimate of drug-likeness (QED) is 0.0261. The summed E-state index contributed by atoms with van der Waals surface area (Å²) in [6.45, 7) is 6.50. The van der Waals surface area contributed by atoms with Gasteiger partial charge in [0.15, 0.2) is 6.10 Å². The number of carbonyl (C=O) groups is 3. The molecule has 0 aromatic heterocycles. The fourth-order valence-electron chi connectivity index (χ4n) is 7.78. The molecule has 6 heteroatoms. The smallest absolute Gasteiger partial charge is 0.306 e. The average molecular weight is 986 g/mol. The maximum absolute atomic E-state index is 12.8. The first-order valence-corrected chi connectivity index (χ1v) is 29.4. The topological polar surface area (TPSA) is 78.9 Å². The van der Waals surface area contributed by atoms with Crippen LogP contribution in [-0.4, -0.2) is 37.2 Å². The second kappa shape index (κ2) is 58.6. The zero-order chi connectivity index (χ0) is 51.4. The van der Waals surface area contributed by atoms with Gasteiger partial charge in [0.2, 0.25) is 0 Å². The highest BCUT2D eigenvalue weighted by atomic mass is 16.6. The Morgan fingerprint density at radius 3 is 0.887 bits per heavy atom. The number of hydrogen-bond acceptors (Lipinski definition) is 6. The van der Waals surface area contributed by atoms with Gasteiger partial charge in [-0.05, 0) is 122 Å². The van der Waals surface area contributed by atoms with Gasteiger partial charge >= 0.3 is 17.9 Å². The minimum Gasteiger partial charge on any atom is -0.462 e.